The lowest BCUT2D eigenvalue weighted by Crippen LogP contribution is -2.34. The van der Waals surface area contributed by atoms with Crippen molar-refractivity contribution in [2.24, 2.45) is 5.73 Å². The molecule has 1 atom stereocenters. The molecular weight excluding hydrogens is 324 g/mol. The van der Waals surface area contributed by atoms with Crippen LogP contribution in [0.3, 0.4) is 0 Å². The molecule has 0 aliphatic heterocycles. The van der Waals surface area contributed by atoms with Gasteiger partial charge in [-0.15, -0.1) is 12.4 Å². The Labute approximate surface area is 150 Å². The van der Waals surface area contributed by atoms with Crippen LogP contribution >= 0.6 is 12.4 Å². The molecule has 0 aliphatic carbocycles. The summed E-state index contributed by atoms with van der Waals surface area (Å²) in [6.45, 7) is 2.68. The Morgan fingerprint density at radius 3 is 2.67 bits per heavy atom. The van der Waals surface area contributed by atoms with Crippen LogP contribution in [-0.4, -0.2) is 23.6 Å². The molecule has 1 aromatic heterocycles. The molecule has 1 heterocycles. The number of carbonyl (C=O) groups excluding carboxylic acids is 1. The first-order chi connectivity index (χ1) is 11.2. The van der Waals surface area contributed by atoms with Crippen LogP contribution in [0.5, 0.6) is 0 Å². The van der Waals surface area contributed by atoms with Gasteiger partial charge in [-0.2, -0.15) is 0 Å². The van der Waals surface area contributed by atoms with Crippen molar-refractivity contribution in [3.63, 3.8) is 0 Å². The zero-order valence-electron chi connectivity index (χ0n) is 14.4. The molecule has 134 valence electrons. The number of nitrogens with two attached hydrogens (primary N) is 1. The lowest BCUT2D eigenvalue weighted by Gasteiger charge is -2.11. The van der Waals surface area contributed by atoms with Gasteiger partial charge in [0.25, 0.3) is 0 Å². The topological polar surface area (TPSA) is 68.1 Å². The predicted molar refractivity (Wildman–Crippen MR) is 102 cm³/mol. The highest BCUT2D eigenvalue weighted by molar-refractivity contribution is 5.85. The van der Waals surface area contributed by atoms with Crippen molar-refractivity contribution in [2.45, 2.75) is 57.9 Å². The number of H-pyrrole nitrogens is 1. The predicted octanol–water partition coefficient (Wildman–Crippen LogP) is 4.36. The number of nitrogens with one attached hydrogen (secondary N) is 1. The molecule has 0 saturated carbocycles. The van der Waals surface area contributed by atoms with Gasteiger partial charge in [0, 0.05) is 23.5 Å². The first-order valence-corrected chi connectivity index (χ1v) is 8.69. The summed E-state index contributed by atoms with van der Waals surface area (Å²) in [6.07, 6.45) is 9.48. The molecule has 0 aliphatic rings. The van der Waals surface area contributed by atoms with Crippen LogP contribution in [0.1, 0.15) is 51.0 Å². The Bertz CT molecular complexity index is 612. The summed E-state index contributed by atoms with van der Waals surface area (Å²) in [5, 5.41) is 1.12. The minimum atomic E-state index is -0.603. The minimum absolute atomic E-state index is 0. The molecule has 24 heavy (non-hydrogen) atoms. The van der Waals surface area contributed by atoms with Gasteiger partial charge in [0.15, 0.2) is 0 Å². The first kappa shape index (κ1) is 20.5. The number of halogens is 1. The number of carbonyl (C=O) groups is 1. The van der Waals surface area contributed by atoms with Gasteiger partial charge in [-0.1, -0.05) is 57.2 Å². The van der Waals surface area contributed by atoms with Crippen LogP contribution in [0.2, 0.25) is 0 Å². The molecule has 2 aromatic rings. The summed E-state index contributed by atoms with van der Waals surface area (Å²) >= 11 is 0. The number of para-hydroxylation sites is 1. The summed E-state index contributed by atoms with van der Waals surface area (Å²) in [7, 11) is 0. The van der Waals surface area contributed by atoms with Gasteiger partial charge in [0.1, 0.15) is 6.04 Å². The Morgan fingerprint density at radius 1 is 1.17 bits per heavy atom. The number of hydrogen-bond donors (Lipinski definition) is 2. The van der Waals surface area contributed by atoms with Gasteiger partial charge in [-0.25, -0.2) is 0 Å². The molecule has 2 rings (SSSR count). The number of esters is 1. The third kappa shape index (κ3) is 6.17. The van der Waals surface area contributed by atoms with Crippen molar-refractivity contribution in [1.82, 2.24) is 4.98 Å². The van der Waals surface area contributed by atoms with Crippen LogP contribution in [0, 0.1) is 0 Å². The number of rotatable bonds is 10. The van der Waals surface area contributed by atoms with E-state index in [0.717, 1.165) is 29.3 Å². The SMILES string of the molecule is CCCCCCCCOC(=O)C(N)Cc1c[nH]c2ccccc12.Cl. The van der Waals surface area contributed by atoms with Gasteiger partial charge in [-0.3, -0.25) is 4.79 Å². The van der Waals surface area contributed by atoms with Gasteiger partial charge in [-0.05, 0) is 18.1 Å². The second-order valence-electron chi connectivity index (χ2n) is 6.11. The monoisotopic (exact) mass is 352 g/mol. The van der Waals surface area contributed by atoms with Gasteiger partial charge in [0.2, 0.25) is 0 Å². The Morgan fingerprint density at radius 2 is 1.88 bits per heavy atom. The Hall–Kier alpha value is -1.52. The fraction of sp³-hybridized carbons (Fsp3) is 0.526. The van der Waals surface area contributed by atoms with Gasteiger partial charge < -0.3 is 15.5 Å². The molecule has 0 amide bonds. The molecule has 4 nitrogen and oxygen atoms in total. The Kier molecular flexibility index (Phi) is 9.50. The van der Waals surface area contributed by atoms with E-state index in [-0.39, 0.29) is 18.4 Å². The summed E-state index contributed by atoms with van der Waals surface area (Å²) < 4.78 is 5.30. The lowest BCUT2D eigenvalue weighted by atomic mass is 10.1. The largest absolute Gasteiger partial charge is 0.465 e. The maximum atomic E-state index is 12.0. The van der Waals surface area contributed by atoms with Gasteiger partial charge >= 0.3 is 5.97 Å². The number of fused-ring (bicyclic) bond motifs is 1. The van der Waals surface area contributed by atoms with Crippen molar-refractivity contribution in [1.29, 1.82) is 0 Å². The number of aromatic nitrogens is 1. The third-order valence-electron chi connectivity index (χ3n) is 4.16. The highest BCUT2D eigenvalue weighted by Crippen LogP contribution is 2.19. The average Bonchev–Trinajstić information content (AvgIpc) is 2.97. The highest BCUT2D eigenvalue weighted by atomic mass is 35.5. The zero-order chi connectivity index (χ0) is 16.5. The molecular formula is C19H29ClN2O2. The van der Waals surface area contributed by atoms with Gasteiger partial charge in [0.05, 0.1) is 6.61 Å². The molecule has 1 unspecified atom stereocenters. The fourth-order valence-electron chi connectivity index (χ4n) is 2.78. The van der Waals surface area contributed by atoms with Crippen LogP contribution in [0.15, 0.2) is 30.5 Å². The summed E-state index contributed by atoms with van der Waals surface area (Å²) in [6, 6.07) is 7.42. The maximum absolute atomic E-state index is 12.0. The fourth-order valence-corrected chi connectivity index (χ4v) is 2.78. The van der Waals surface area contributed by atoms with E-state index >= 15 is 0 Å². The molecule has 3 N–H and O–H groups in total. The number of benzene rings is 1. The van der Waals surface area contributed by atoms with Crippen molar-refractivity contribution >= 4 is 29.3 Å². The van der Waals surface area contributed by atoms with E-state index in [1.54, 1.807) is 0 Å². The zero-order valence-corrected chi connectivity index (χ0v) is 15.2. The number of hydrogen-bond acceptors (Lipinski definition) is 3. The molecule has 0 spiro atoms. The van der Waals surface area contributed by atoms with Crippen LogP contribution in [0.25, 0.3) is 10.9 Å². The van der Waals surface area contributed by atoms with E-state index in [0.29, 0.717) is 13.0 Å². The molecule has 0 saturated heterocycles. The van der Waals surface area contributed by atoms with Crippen LogP contribution in [-0.2, 0) is 16.0 Å². The van der Waals surface area contributed by atoms with Crippen molar-refractivity contribution < 1.29 is 9.53 Å². The normalized spacial score (nSPS) is 11.9. The smallest absolute Gasteiger partial charge is 0.323 e. The van der Waals surface area contributed by atoms with E-state index in [1.807, 2.05) is 30.5 Å². The van der Waals surface area contributed by atoms with Crippen molar-refractivity contribution in [3.8, 4) is 0 Å². The maximum Gasteiger partial charge on any atom is 0.323 e. The number of unbranched alkanes of at least 4 members (excludes halogenated alkanes) is 5. The van der Waals surface area contributed by atoms with E-state index in [9.17, 15) is 4.79 Å². The minimum Gasteiger partial charge on any atom is -0.465 e. The van der Waals surface area contributed by atoms with E-state index in [1.165, 1.54) is 25.7 Å². The van der Waals surface area contributed by atoms with E-state index in [2.05, 4.69) is 11.9 Å². The third-order valence-corrected chi connectivity index (χ3v) is 4.16. The quantitative estimate of drug-likeness (QED) is 0.493. The van der Waals surface area contributed by atoms with Crippen molar-refractivity contribution in [2.75, 3.05) is 6.61 Å². The highest BCUT2D eigenvalue weighted by Gasteiger charge is 2.17. The van der Waals surface area contributed by atoms with Crippen molar-refractivity contribution in [3.05, 3.63) is 36.0 Å². The standard InChI is InChI=1S/C19H28N2O2.ClH/c1-2-3-4-5-6-9-12-23-19(22)17(20)13-15-14-21-18-11-8-7-10-16(15)18;/h7-8,10-11,14,17,21H,2-6,9,12-13,20H2,1H3;1H. The summed E-state index contributed by atoms with van der Waals surface area (Å²) in [4.78, 5) is 15.2. The molecule has 0 radical (unpaired) electrons. The number of ether oxygens (including phenoxy) is 1. The van der Waals surface area contributed by atoms with E-state index < -0.39 is 6.04 Å². The Balaban J connectivity index is 0.00000288. The first-order valence-electron chi connectivity index (χ1n) is 8.69. The second kappa shape index (κ2) is 11.1. The van der Waals surface area contributed by atoms with E-state index in [4.69, 9.17) is 10.5 Å². The summed E-state index contributed by atoms with van der Waals surface area (Å²) in [5.74, 6) is -0.302. The van der Waals surface area contributed by atoms with Crippen LogP contribution < -0.4 is 5.73 Å². The molecule has 5 heteroatoms. The second-order valence-corrected chi connectivity index (χ2v) is 6.11. The van der Waals surface area contributed by atoms with Crippen LogP contribution in [0.4, 0.5) is 0 Å². The number of aromatic amines is 1. The molecule has 0 fully saturated rings. The average molecular weight is 353 g/mol. The lowest BCUT2D eigenvalue weighted by molar-refractivity contribution is -0.145. The molecule has 0 bridgehead atoms. The summed E-state index contributed by atoms with van der Waals surface area (Å²) in [5.41, 5.74) is 8.12. The molecule has 1 aromatic carbocycles.